The van der Waals surface area contributed by atoms with Crippen LogP contribution in [0, 0.1) is 5.92 Å². The third kappa shape index (κ3) is 3.71. The summed E-state index contributed by atoms with van der Waals surface area (Å²) in [7, 11) is -2.98. The molecule has 1 aliphatic rings. The predicted octanol–water partition coefficient (Wildman–Crippen LogP) is 0.824. The Morgan fingerprint density at radius 2 is 1.94 bits per heavy atom. The molecule has 0 aromatic heterocycles. The van der Waals surface area contributed by atoms with Crippen molar-refractivity contribution in [1.82, 2.24) is 5.32 Å². The van der Waals surface area contributed by atoms with E-state index in [-0.39, 0.29) is 11.3 Å². The van der Waals surface area contributed by atoms with Crippen molar-refractivity contribution in [1.29, 1.82) is 0 Å². The molecular formula is C11H23NO3S. The van der Waals surface area contributed by atoms with E-state index in [1.807, 2.05) is 6.92 Å². The maximum atomic E-state index is 11.6. The summed E-state index contributed by atoms with van der Waals surface area (Å²) in [6.45, 7) is 6.13. The molecule has 1 N–H and O–H groups in total. The second-order valence-corrected chi connectivity index (χ2v) is 6.97. The SMILES string of the molecule is CCNC(C1CCOCC1)C(C)S(C)(=O)=O. The normalized spacial score (nSPS) is 22.9. The molecule has 1 rings (SSSR count). The summed E-state index contributed by atoms with van der Waals surface area (Å²) in [5.74, 6) is 0.415. The van der Waals surface area contributed by atoms with E-state index in [0.29, 0.717) is 5.92 Å². The fourth-order valence-electron chi connectivity index (χ4n) is 2.29. The van der Waals surface area contributed by atoms with Crippen LogP contribution in [0.15, 0.2) is 0 Å². The van der Waals surface area contributed by atoms with Crippen molar-refractivity contribution >= 4 is 9.84 Å². The Morgan fingerprint density at radius 1 is 1.38 bits per heavy atom. The quantitative estimate of drug-likeness (QED) is 0.784. The summed E-state index contributed by atoms with van der Waals surface area (Å²) in [6.07, 6.45) is 3.23. The number of nitrogens with one attached hydrogen (secondary N) is 1. The van der Waals surface area contributed by atoms with Gasteiger partial charge in [0, 0.05) is 25.5 Å². The number of ether oxygens (including phenoxy) is 1. The number of hydrogen-bond donors (Lipinski definition) is 1. The van der Waals surface area contributed by atoms with Crippen LogP contribution < -0.4 is 5.32 Å². The summed E-state index contributed by atoms with van der Waals surface area (Å²) in [5.41, 5.74) is 0. The highest BCUT2D eigenvalue weighted by molar-refractivity contribution is 7.91. The summed E-state index contributed by atoms with van der Waals surface area (Å²) in [4.78, 5) is 0. The van der Waals surface area contributed by atoms with E-state index in [1.54, 1.807) is 6.92 Å². The van der Waals surface area contributed by atoms with Crippen LogP contribution in [0.25, 0.3) is 0 Å². The minimum absolute atomic E-state index is 0.0592. The topological polar surface area (TPSA) is 55.4 Å². The van der Waals surface area contributed by atoms with Gasteiger partial charge in [0.1, 0.15) is 0 Å². The highest BCUT2D eigenvalue weighted by atomic mass is 32.2. The Kier molecular flexibility index (Phi) is 5.21. The van der Waals surface area contributed by atoms with Gasteiger partial charge in [0.15, 0.2) is 9.84 Å². The van der Waals surface area contributed by atoms with Crippen molar-refractivity contribution in [2.75, 3.05) is 26.0 Å². The van der Waals surface area contributed by atoms with Crippen molar-refractivity contribution in [2.24, 2.45) is 5.92 Å². The van der Waals surface area contributed by atoms with E-state index in [2.05, 4.69) is 5.32 Å². The lowest BCUT2D eigenvalue weighted by Crippen LogP contribution is -2.48. The number of sulfone groups is 1. The molecule has 96 valence electrons. The molecule has 1 saturated heterocycles. The fourth-order valence-corrected chi connectivity index (χ4v) is 3.14. The monoisotopic (exact) mass is 249 g/mol. The first-order valence-electron chi connectivity index (χ1n) is 5.96. The molecule has 4 nitrogen and oxygen atoms in total. The van der Waals surface area contributed by atoms with Crippen LogP contribution in [0.2, 0.25) is 0 Å². The molecule has 1 heterocycles. The molecule has 0 radical (unpaired) electrons. The highest BCUT2D eigenvalue weighted by Crippen LogP contribution is 2.23. The van der Waals surface area contributed by atoms with Gasteiger partial charge in [0.25, 0.3) is 0 Å². The summed E-state index contributed by atoms with van der Waals surface area (Å²) >= 11 is 0. The van der Waals surface area contributed by atoms with Crippen LogP contribution in [-0.4, -0.2) is 45.7 Å². The summed E-state index contributed by atoms with van der Waals surface area (Å²) < 4.78 is 28.6. The van der Waals surface area contributed by atoms with Crippen molar-refractivity contribution < 1.29 is 13.2 Å². The van der Waals surface area contributed by atoms with Gasteiger partial charge in [-0.1, -0.05) is 6.92 Å². The molecule has 16 heavy (non-hydrogen) atoms. The molecule has 0 amide bonds. The third-order valence-corrected chi connectivity index (χ3v) is 5.04. The molecule has 2 unspecified atom stereocenters. The van der Waals surface area contributed by atoms with Crippen LogP contribution in [0.5, 0.6) is 0 Å². The third-order valence-electron chi connectivity index (χ3n) is 3.39. The molecule has 0 spiro atoms. The number of hydrogen-bond acceptors (Lipinski definition) is 4. The molecule has 5 heteroatoms. The Balaban J connectivity index is 2.72. The van der Waals surface area contributed by atoms with E-state index in [1.165, 1.54) is 6.26 Å². The zero-order chi connectivity index (χ0) is 12.2. The zero-order valence-corrected chi connectivity index (χ0v) is 11.2. The minimum Gasteiger partial charge on any atom is -0.381 e. The Labute approximate surface area is 98.7 Å². The number of rotatable bonds is 5. The first kappa shape index (κ1) is 13.9. The molecule has 0 bridgehead atoms. The maximum absolute atomic E-state index is 11.6. The van der Waals surface area contributed by atoms with Gasteiger partial charge in [-0.05, 0) is 32.2 Å². The van der Waals surface area contributed by atoms with Gasteiger partial charge in [0.2, 0.25) is 0 Å². The van der Waals surface area contributed by atoms with Gasteiger partial charge in [-0.25, -0.2) is 8.42 Å². The van der Waals surface area contributed by atoms with Crippen molar-refractivity contribution in [3.05, 3.63) is 0 Å². The van der Waals surface area contributed by atoms with Crippen LogP contribution in [0.1, 0.15) is 26.7 Å². The molecule has 0 aromatic rings. The molecule has 1 aliphatic heterocycles. The van der Waals surface area contributed by atoms with Gasteiger partial charge in [-0.3, -0.25) is 0 Å². The van der Waals surface area contributed by atoms with E-state index < -0.39 is 9.84 Å². The van der Waals surface area contributed by atoms with Crippen molar-refractivity contribution in [3.8, 4) is 0 Å². The maximum Gasteiger partial charge on any atom is 0.151 e. The second-order valence-electron chi connectivity index (χ2n) is 4.57. The molecule has 0 aliphatic carbocycles. The average molecular weight is 249 g/mol. The van der Waals surface area contributed by atoms with Crippen LogP contribution in [0.3, 0.4) is 0 Å². The Morgan fingerprint density at radius 3 is 2.38 bits per heavy atom. The fraction of sp³-hybridized carbons (Fsp3) is 1.00. The van der Waals surface area contributed by atoms with Gasteiger partial charge < -0.3 is 10.1 Å². The average Bonchev–Trinajstić information content (AvgIpc) is 2.25. The molecule has 1 fully saturated rings. The molecule has 2 atom stereocenters. The molecule has 0 saturated carbocycles. The van der Waals surface area contributed by atoms with E-state index >= 15 is 0 Å². The van der Waals surface area contributed by atoms with E-state index in [0.717, 1.165) is 32.6 Å². The van der Waals surface area contributed by atoms with Crippen LogP contribution >= 0.6 is 0 Å². The van der Waals surface area contributed by atoms with Gasteiger partial charge >= 0.3 is 0 Å². The lowest BCUT2D eigenvalue weighted by Gasteiger charge is -2.34. The highest BCUT2D eigenvalue weighted by Gasteiger charge is 2.32. The van der Waals surface area contributed by atoms with E-state index in [9.17, 15) is 8.42 Å². The second kappa shape index (κ2) is 5.98. The molecule has 0 aromatic carbocycles. The molecular weight excluding hydrogens is 226 g/mol. The lowest BCUT2D eigenvalue weighted by atomic mass is 9.90. The standard InChI is InChI=1S/C11H23NO3S/c1-4-12-11(9(2)16(3,13)14)10-5-7-15-8-6-10/h9-12H,4-8H2,1-3H3. The van der Waals surface area contributed by atoms with Crippen molar-refractivity contribution in [3.63, 3.8) is 0 Å². The first-order chi connectivity index (χ1) is 7.46. The largest absolute Gasteiger partial charge is 0.381 e. The van der Waals surface area contributed by atoms with Gasteiger partial charge in [-0.2, -0.15) is 0 Å². The van der Waals surface area contributed by atoms with Crippen molar-refractivity contribution in [2.45, 2.75) is 38.0 Å². The Hall–Kier alpha value is -0.130. The van der Waals surface area contributed by atoms with Crippen LogP contribution in [-0.2, 0) is 14.6 Å². The van der Waals surface area contributed by atoms with E-state index in [4.69, 9.17) is 4.74 Å². The summed E-state index contributed by atoms with van der Waals surface area (Å²) in [5, 5.41) is 3.00. The first-order valence-corrected chi connectivity index (χ1v) is 7.92. The van der Waals surface area contributed by atoms with Gasteiger partial charge in [0.05, 0.1) is 5.25 Å². The smallest absolute Gasteiger partial charge is 0.151 e. The van der Waals surface area contributed by atoms with Crippen LogP contribution in [0.4, 0.5) is 0 Å². The zero-order valence-electron chi connectivity index (χ0n) is 10.4. The lowest BCUT2D eigenvalue weighted by molar-refractivity contribution is 0.0538. The predicted molar refractivity (Wildman–Crippen MR) is 65.3 cm³/mol. The minimum atomic E-state index is -2.98. The summed E-state index contributed by atoms with van der Waals surface area (Å²) in [6, 6.07) is 0.0592. The van der Waals surface area contributed by atoms with Gasteiger partial charge in [-0.15, -0.1) is 0 Å². The Bertz CT molecular complexity index is 296.